The molecular formula is C13H26N2. The van der Waals surface area contributed by atoms with Gasteiger partial charge in [0.1, 0.15) is 0 Å². The zero-order chi connectivity index (χ0) is 10.7. The van der Waals surface area contributed by atoms with Gasteiger partial charge in [-0.2, -0.15) is 0 Å². The van der Waals surface area contributed by atoms with Crippen molar-refractivity contribution in [1.29, 1.82) is 0 Å². The van der Waals surface area contributed by atoms with E-state index in [-0.39, 0.29) is 0 Å². The van der Waals surface area contributed by atoms with Crippen LogP contribution in [0, 0.1) is 5.92 Å². The van der Waals surface area contributed by atoms with Crippen LogP contribution < -0.4 is 5.32 Å². The van der Waals surface area contributed by atoms with Gasteiger partial charge in [-0.05, 0) is 51.6 Å². The molecule has 0 spiro atoms. The van der Waals surface area contributed by atoms with Crippen molar-refractivity contribution in [1.82, 2.24) is 10.2 Å². The van der Waals surface area contributed by atoms with Crippen LogP contribution in [0.4, 0.5) is 0 Å². The topological polar surface area (TPSA) is 15.3 Å². The number of hydrogen-bond donors (Lipinski definition) is 1. The van der Waals surface area contributed by atoms with Gasteiger partial charge in [0.05, 0.1) is 0 Å². The summed E-state index contributed by atoms with van der Waals surface area (Å²) in [6, 6.07) is 1.61. The Labute approximate surface area is 94.4 Å². The second-order valence-corrected chi connectivity index (χ2v) is 5.45. The highest BCUT2D eigenvalue weighted by molar-refractivity contribution is 4.86. The van der Waals surface area contributed by atoms with E-state index < -0.39 is 0 Å². The Morgan fingerprint density at radius 2 is 1.93 bits per heavy atom. The molecule has 2 aliphatic heterocycles. The highest BCUT2D eigenvalue weighted by Gasteiger charge is 2.30. The lowest BCUT2D eigenvalue weighted by Crippen LogP contribution is -2.51. The summed E-state index contributed by atoms with van der Waals surface area (Å²) in [4.78, 5) is 2.77. The number of likely N-dealkylation sites (tertiary alicyclic amines) is 1. The van der Waals surface area contributed by atoms with Crippen LogP contribution >= 0.6 is 0 Å². The van der Waals surface area contributed by atoms with Crippen molar-refractivity contribution < 1.29 is 0 Å². The first-order chi connectivity index (χ1) is 7.29. The smallest absolute Gasteiger partial charge is 0.0223 e. The Morgan fingerprint density at radius 1 is 1.07 bits per heavy atom. The normalized spacial score (nSPS) is 40.0. The Morgan fingerprint density at radius 3 is 2.80 bits per heavy atom. The summed E-state index contributed by atoms with van der Waals surface area (Å²) < 4.78 is 0. The first-order valence-electron chi connectivity index (χ1n) is 6.75. The largest absolute Gasteiger partial charge is 0.315 e. The minimum absolute atomic E-state index is 0.795. The van der Waals surface area contributed by atoms with Gasteiger partial charge in [-0.1, -0.05) is 13.3 Å². The molecule has 0 saturated carbocycles. The van der Waals surface area contributed by atoms with Crippen molar-refractivity contribution in [3.05, 3.63) is 0 Å². The third kappa shape index (κ3) is 2.73. The zero-order valence-corrected chi connectivity index (χ0v) is 10.3. The van der Waals surface area contributed by atoms with E-state index in [2.05, 4.69) is 24.1 Å². The molecule has 0 bridgehead atoms. The van der Waals surface area contributed by atoms with Crippen molar-refractivity contribution in [2.24, 2.45) is 5.92 Å². The van der Waals surface area contributed by atoms with Gasteiger partial charge < -0.3 is 5.32 Å². The highest BCUT2D eigenvalue weighted by Crippen LogP contribution is 2.26. The van der Waals surface area contributed by atoms with Crippen LogP contribution in [0.2, 0.25) is 0 Å². The zero-order valence-electron chi connectivity index (χ0n) is 10.3. The van der Waals surface area contributed by atoms with Crippen LogP contribution in [-0.4, -0.2) is 36.6 Å². The van der Waals surface area contributed by atoms with Crippen LogP contribution in [0.15, 0.2) is 0 Å². The molecule has 88 valence electrons. The Bertz CT molecular complexity index is 185. The van der Waals surface area contributed by atoms with E-state index in [0.29, 0.717) is 0 Å². The van der Waals surface area contributed by atoms with Gasteiger partial charge in [0.15, 0.2) is 0 Å². The van der Waals surface area contributed by atoms with E-state index >= 15 is 0 Å². The summed E-state index contributed by atoms with van der Waals surface area (Å²) in [6.45, 7) is 8.62. The summed E-state index contributed by atoms with van der Waals surface area (Å²) >= 11 is 0. The summed E-state index contributed by atoms with van der Waals surface area (Å²) in [7, 11) is 0. The van der Waals surface area contributed by atoms with Crippen LogP contribution in [0.5, 0.6) is 0 Å². The van der Waals surface area contributed by atoms with Crippen molar-refractivity contribution in [3.8, 4) is 0 Å². The maximum atomic E-state index is 3.59. The average Bonchev–Trinajstić information content (AvgIpc) is 2.50. The van der Waals surface area contributed by atoms with Gasteiger partial charge in [0, 0.05) is 18.6 Å². The molecule has 2 heteroatoms. The number of rotatable bonds is 1. The first-order valence-corrected chi connectivity index (χ1v) is 6.75. The van der Waals surface area contributed by atoms with E-state index in [1.165, 1.54) is 51.7 Å². The maximum absolute atomic E-state index is 3.59. The van der Waals surface area contributed by atoms with Gasteiger partial charge in [-0.15, -0.1) is 0 Å². The SMILES string of the molecule is CC1CCCN(C2CCCCNC2)C1C. The van der Waals surface area contributed by atoms with Crippen LogP contribution in [0.25, 0.3) is 0 Å². The fraction of sp³-hybridized carbons (Fsp3) is 1.00. The second kappa shape index (κ2) is 5.31. The van der Waals surface area contributed by atoms with Gasteiger partial charge in [0.25, 0.3) is 0 Å². The molecule has 3 atom stereocenters. The van der Waals surface area contributed by atoms with E-state index in [9.17, 15) is 0 Å². The molecule has 0 aliphatic carbocycles. The minimum Gasteiger partial charge on any atom is -0.315 e. The van der Waals surface area contributed by atoms with E-state index in [1.807, 2.05) is 0 Å². The number of piperidine rings is 1. The molecule has 0 aromatic heterocycles. The van der Waals surface area contributed by atoms with Crippen molar-refractivity contribution >= 4 is 0 Å². The first kappa shape index (κ1) is 11.4. The average molecular weight is 210 g/mol. The minimum atomic E-state index is 0.795. The van der Waals surface area contributed by atoms with Gasteiger partial charge in [-0.3, -0.25) is 4.90 Å². The molecule has 15 heavy (non-hydrogen) atoms. The van der Waals surface area contributed by atoms with Gasteiger partial charge in [-0.25, -0.2) is 0 Å². The molecule has 2 fully saturated rings. The van der Waals surface area contributed by atoms with Crippen LogP contribution in [-0.2, 0) is 0 Å². The lowest BCUT2D eigenvalue weighted by Gasteiger charge is -2.42. The van der Waals surface area contributed by atoms with Gasteiger partial charge >= 0.3 is 0 Å². The lowest BCUT2D eigenvalue weighted by atomic mass is 9.90. The summed E-state index contributed by atoms with van der Waals surface area (Å²) in [6.07, 6.45) is 7.02. The summed E-state index contributed by atoms with van der Waals surface area (Å²) in [5.74, 6) is 0.891. The molecule has 2 heterocycles. The molecule has 0 aromatic carbocycles. The highest BCUT2D eigenvalue weighted by atomic mass is 15.2. The van der Waals surface area contributed by atoms with Crippen molar-refractivity contribution in [2.45, 2.75) is 58.0 Å². The number of nitrogens with one attached hydrogen (secondary N) is 1. The van der Waals surface area contributed by atoms with Crippen LogP contribution in [0.3, 0.4) is 0 Å². The van der Waals surface area contributed by atoms with Gasteiger partial charge in [0.2, 0.25) is 0 Å². The Hall–Kier alpha value is -0.0800. The summed E-state index contributed by atoms with van der Waals surface area (Å²) in [5.41, 5.74) is 0. The van der Waals surface area contributed by atoms with Crippen molar-refractivity contribution in [2.75, 3.05) is 19.6 Å². The predicted molar refractivity (Wildman–Crippen MR) is 65.1 cm³/mol. The molecule has 3 unspecified atom stereocenters. The molecule has 0 amide bonds. The molecule has 2 saturated heterocycles. The van der Waals surface area contributed by atoms with Crippen LogP contribution in [0.1, 0.15) is 46.0 Å². The number of hydrogen-bond acceptors (Lipinski definition) is 2. The quantitative estimate of drug-likeness (QED) is 0.714. The monoisotopic (exact) mass is 210 g/mol. The number of nitrogens with zero attached hydrogens (tertiary/aromatic N) is 1. The third-order valence-corrected chi connectivity index (χ3v) is 4.41. The molecule has 2 nitrogen and oxygen atoms in total. The Kier molecular flexibility index (Phi) is 4.04. The lowest BCUT2D eigenvalue weighted by molar-refractivity contribution is 0.0657. The van der Waals surface area contributed by atoms with Crippen molar-refractivity contribution in [3.63, 3.8) is 0 Å². The summed E-state index contributed by atoms with van der Waals surface area (Å²) in [5, 5.41) is 3.59. The molecule has 2 aliphatic rings. The molecular weight excluding hydrogens is 184 g/mol. The second-order valence-electron chi connectivity index (χ2n) is 5.45. The standard InChI is InChI=1S/C13H26N2/c1-11-6-5-9-15(12(11)2)13-7-3-4-8-14-10-13/h11-14H,3-10H2,1-2H3. The molecule has 0 aromatic rings. The molecule has 1 N–H and O–H groups in total. The Balaban J connectivity index is 1.94. The van der Waals surface area contributed by atoms with E-state index in [0.717, 1.165) is 18.0 Å². The fourth-order valence-electron chi connectivity index (χ4n) is 3.17. The predicted octanol–water partition coefficient (Wildman–Crippen LogP) is 2.25. The fourth-order valence-corrected chi connectivity index (χ4v) is 3.17. The molecule has 2 rings (SSSR count). The molecule has 0 radical (unpaired) electrons. The van der Waals surface area contributed by atoms with E-state index in [1.54, 1.807) is 0 Å². The van der Waals surface area contributed by atoms with E-state index in [4.69, 9.17) is 0 Å². The third-order valence-electron chi connectivity index (χ3n) is 4.41. The maximum Gasteiger partial charge on any atom is 0.0223 e.